The van der Waals surface area contributed by atoms with E-state index in [9.17, 15) is 14.3 Å². The molecule has 2 saturated heterocycles. The van der Waals surface area contributed by atoms with Crippen LogP contribution >= 0.6 is 11.3 Å². The predicted molar refractivity (Wildman–Crippen MR) is 149 cm³/mol. The first kappa shape index (κ1) is 25.7. The third-order valence-corrected chi connectivity index (χ3v) is 8.30. The highest BCUT2D eigenvalue weighted by atomic mass is 32.1. The topological polar surface area (TPSA) is 93.3 Å². The number of aromatic nitrogens is 4. The molecule has 0 atom stereocenters. The summed E-state index contributed by atoms with van der Waals surface area (Å²) in [5, 5.41) is 12.3. The lowest BCUT2D eigenvalue weighted by Gasteiger charge is -2.39. The smallest absolute Gasteiger partial charge is 0.236 e. The SMILES string of the molecule is CCc1nc2cnc(N3CCN(CC(=O)N4CC(O)C4)CC3)cn2c1N(C)c1nc(-c2ccc(F)cc2)cs1. The molecule has 0 saturated carbocycles. The van der Waals surface area contributed by atoms with Crippen LogP contribution in [0.2, 0.25) is 0 Å². The fourth-order valence-electron chi connectivity index (χ4n) is 5.08. The third kappa shape index (κ3) is 5.07. The Morgan fingerprint density at radius 1 is 1.15 bits per heavy atom. The third-order valence-electron chi connectivity index (χ3n) is 7.38. The molecule has 0 bridgehead atoms. The second-order valence-corrected chi connectivity index (χ2v) is 10.8. The Hall–Kier alpha value is -3.61. The van der Waals surface area contributed by atoms with E-state index in [0.29, 0.717) is 19.6 Å². The van der Waals surface area contributed by atoms with Gasteiger partial charge in [-0.3, -0.25) is 14.1 Å². The number of piperazine rings is 1. The monoisotopic (exact) mass is 550 g/mol. The fourth-order valence-corrected chi connectivity index (χ4v) is 5.89. The van der Waals surface area contributed by atoms with E-state index in [0.717, 1.165) is 72.0 Å². The fraction of sp³-hybridized carbons (Fsp3) is 0.407. The number of fused-ring (bicyclic) bond motifs is 1. The van der Waals surface area contributed by atoms with Gasteiger partial charge in [-0.25, -0.2) is 19.3 Å². The Bertz CT molecular complexity index is 1470. The summed E-state index contributed by atoms with van der Waals surface area (Å²) < 4.78 is 15.5. The molecule has 0 unspecified atom stereocenters. The maximum atomic E-state index is 13.4. The molecule has 0 aliphatic carbocycles. The molecule has 6 rings (SSSR count). The van der Waals surface area contributed by atoms with E-state index in [1.54, 1.807) is 17.0 Å². The van der Waals surface area contributed by atoms with Crippen LogP contribution in [0.1, 0.15) is 12.6 Å². The average Bonchev–Trinajstić information content (AvgIpc) is 3.56. The zero-order chi connectivity index (χ0) is 27.1. The van der Waals surface area contributed by atoms with Gasteiger partial charge in [0.2, 0.25) is 5.91 Å². The van der Waals surface area contributed by atoms with Crippen LogP contribution in [0, 0.1) is 5.82 Å². The standard InChI is InChI=1S/C27H31FN8O2S/c1-3-21-26(32(2)27-31-22(17-39-27)18-4-6-19(28)7-5-18)36-15-24(29-12-23(36)30-21)34-10-8-33(9-11-34)16-25(38)35-13-20(37)14-35/h4-7,12,15,17,20,37H,3,8-11,13-14,16H2,1-2H3. The second-order valence-electron chi connectivity index (χ2n) is 10.0. The van der Waals surface area contributed by atoms with Crippen molar-refractivity contribution in [2.75, 3.05) is 62.7 Å². The number of aliphatic hydroxyl groups excluding tert-OH is 1. The van der Waals surface area contributed by atoms with Crippen molar-refractivity contribution < 1.29 is 14.3 Å². The van der Waals surface area contributed by atoms with E-state index in [2.05, 4.69) is 26.0 Å². The number of β-amino-alcohol motifs (C(OH)–C–C–N with tert-alkyl or cyclic N) is 1. The zero-order valence-corrected chi connectivity index (χ0v) is 22.8. The Kier molecular flexibility index (Phi) is 6.92. The molecule has 10 nitrogen and oxygen atoms in total. The molecule has 2 aliphatic heterocycles. The zero-order valence-electron chi connectivity index (χ0n) is 22.0. The number of hydrogen-bond acceptors (Lipinski definition) is 9. The number of benzene rings is 1. The largest absolute Gasteiger partial charge is 0.389 e. The van der Waals surface area contributed by atoms with Crippen molar-refractivity contribution in [1.82, 2.24) is 29.2 Å². The molecule has 4 aromatic rings. The number of hydrogen-bond donors (Lipinski definition) is 1. The molecule has 0 radical (unpaired) electrons. The lowest BCUT2D eigenvalue weighted by Crippen LogP contribution is -2.57. The molecule has 1 N–H and O–H groups in total. The predicted octanol–water partition coefficient (Wildman–Crippen LogP) is 2.65. The van der Waals surface area contributed by atoms with E-state index in [1.807, 2.05) is 24.8 Å². The summed E-state index contributed by atoms with van der Waals surface area (Å²) in [6.45, 7) is 6.42. The molecule has 12 heteroatoms. The summed E-state index contributed by atoms with van der Waals surface area (Å²) >= 11 is 1.53. The summed E-state index contributed by atoms with van der Waals surface area (Å²) in [7, 11) is 1.99. The van der Waals surface area contributed by atoms with Crippen molar-refractivity contribution in [3.8, 4) is 11.3 Å². The van der Waals surface area contributed by atoms with Gasteiger partial charge in [0.05, 0.1) is 36.4 Å². The van der Waals surface area contributed by atoms with Gasteiger partial charge in [-0.15, -0.1) is 11.3 Å². The number of amides is 1. The van der Waals surface area contributed by atoms with Crippen molar-refractivity contribution >= 4 is 39.7 Å². The highest BCUT2D eigenvalue weighted by molar-refractivity contribution is 7.14. The van der Waals surface area contributed by atoms with Crippen LogP contribution in [0.15, 0.2) is 42.0 Å². The summed E-state index contributed by atoms with van der Waals surface area (Å²) in [6.07, 6.45) is 4.22. The number of carbonyl (C=O) groups is 1. The Balaban J connectivity index is 1.20. The number of anilines is 3. The molecule has 5 heterocycles. The van der Waals surface area contributed by atoms with E-state index in [-0.39, 0.29) is 17.8 Å². The summed E-state index contributed by atoms with van der Waals surface area (Å²) in [5.74, 6) is 1.62. The molecule has 2 aliphatic rings. The number of imidazole rings is 1. The summed E-state index contributed by atoms with van der Waals surface area (Å²) in [5.41, 5.74) is 3.40. The number of likely N-dealkylation sites (tertiary alicyclic amines) is 1. The molecule has 3 aromatic heterocycles. The number of rotatable bonds is 7. The van der Waals surface area contributed by atoms with E-state index < -0.39 is 0 Å². The maximum Gasteiger partial charge on any atom is 0.236 e. The molecule has 1 aromatic carbocycles. The lowest BCUT2D eigenvalue weighted by atomic mass is 10.1. The summed E-state index contributed by atoms with van der Waals surface area (Å²) in [4.78, 5) is 34.9. The van der Waals surface area contributed by atoms with Gasteiger partial charge in [-0.1, -0.05) is 6.92 Å². The van der Waals surface area contributed by atoms with Crippen molar-refractivity contribution in [3.63, 3.8) is 0 Å². The van der Waals surface area contributed by atoms with Gasteiger partial charge in [0.25, 0.3) is 0 Å². The molecule has 204 valence electrons. The average molecular weight is 551 g/mol. The van der Waals surface area contributed by atoms with E-state index in [1.165, 1.54) is 23.5 Å². The van der Waals surface area contributed by atoms with Gasteiger partial charge in [0.15, 0.2) is 10.8 Å². The highest BCUT2D eigenvalue weighted by Gasteiger charge is 2.30. The molecule has 1 amide bonds. The molecular weight excluding hydrogens is 519 g/mol. The Labute approximate surface area is 229 Å². The number of aryl methyl sites for hydroxylation is 1. The van der Waals surface area contributed by atoms with Crippen molar-refractivity contribution in [3.05, 3.63) is 53.6 Å². The minimum atomic E-state index is -0.375. The maximum absolute atomic E-state index is 13.4. The van der Waals surface area contributed by atoms with Crippen molar-refractivity contribution in [1.29, 1.82) is 0 Å². The highest BCUT2D eigenvalue weighted by Crippen LogP contribution is 2.34. The first-order valence-electron chi connectivity index (χ1n) is 13.1. The van der Waals surface area contributed by atoms with Crippen LogP contribution in [0.3, 0.4) is 0 Å². The Morgan fingerprint density at radius 3 is 2.59 bits per heavy atom. The number of aliphatic hydroxyl groups is 1. The molecule has 39 heavy (non-hydrogen) atoms. The van der Waals surface area contributed by atoms with Crippen LogP contribution in [0.25, 0.3) is 16.9 Å². The van der Waals surface area contributed by atoms with E-state index in [4.69, 9.17) is 15.0 Å². The minimum Gasteiger partial charge on any atom is -0.389 e. The van der Waals surface area contributed by atoms with Crippen molar-refractivity contribution in [2.24, 2.45) is 0 Å². The van der Waals surface area contributed by atoms with Gasteiger partial charge >= 0.3 is 0 Å². The molecular formula is C27H31FN8O2S. The van der Waals surface area contributed by atoms with Crippen LogP contribution in [-0.4, -0.2) is 99.1 Å². The first-order chi connectivity index (χ1) is 18.9. The molecule has 0 spiro atoms. The first-order valence-corrected chi connectivity index (χ1v) is 14.0. The number of carbonyl (C=O) groups excluding carboxylic acids is 1. The van der Waals surface area contributed by atoms with Crippen LogP contribution in [0.4, 0.5) is 21.2 Å². The second kappa shape index (κ2) is 10.5. The van der Waals surface area contributed by atoms with Gasteiger partial charge in [0.1, 0.15) is 17.5 Å². The van der Waals surface area contributed by atoms with Crippen LogP contribution in [0.5, 0.6) is 0 Å². The quantitative estimate of drug-likeness (QED) is 0.376. The van der Waals surface area contributed by atoms with Crippen LogP contribution in [-0.2, 0) is 11.2 Å². The number of nitrogens with zero attached hydrogens (tertiary/aromatic N) is 8. The van der Waals surface area contributed by atoms with E-state index >= 15 is 0 Å². The summed E-state index contributed by atoms with van der Waals surface area (Å²) in [6, 6.07) is 6.37. The minimum absolute atomic E-state index is 0.0799. The van der Waals surface area contributed by atoms with Gasteiger partial charge < -0.3 is 19.8 Å². The van der Waals surface area contributed by atoms with Gasteiger partial charge in [0, 0.05) is 57.3 Å². The lowest BCUT2D eigenvalue weighted by molar-refractivity contribution is -0.142. The molecule has 2 fully saturated rings. The van der Waals surface area contributed by atoms with Crippen molar-refractivity contribution in [2.45, 2.75) is 19.4 Å². The number of thiazole rings is 1. The Morgan fingerprint density at radius 2 is 1.90 bits per heavy atom. The van der Waals surface area contributed by atoms with Gasteiger partial charge in [-0.2, -0.15) is 0 Å². The normalized spacial score (nSPS) is 16.6. The van der Waals surface area contributed by atoms with Crippen LogP contribution < -0.4 is 9.80 Å². The number of halogens is 1. The van der Waals surface area contributed by atoms with Gasteiger partial charge in [-0.05, 0) is 30.7 Å².